The van der Waals surface area contributed by atoms with Gasteiger partial charge in [0.25, 0.3) is 0 Å². The second kappa shape index (κ2) is 10.2. The summed E-state index contributed by atoms with van der Waals surface area (Å²) in [5, 5.41) is 0. The molecule has 2 bridgehead atoms. The van der Waals surface area contributed by atoms with Crippen molar-refractivity contribution < 1.29 is 9.47 Å². The number of hydrogen-bond donors (Lipinski definition) is 0. The van der Waals surface area contributed by atoms with Gasteiger partial charge in [0.05, 0.1) is 25.3 Å². The van der Waals surface area contributed by atoms with Crippen LogP contribution in [0.1, 0.15) is 69.4 Å². The number of aromatic nitrogens is 2. The van der Waals surface area contributed by atoms with Crippen LogP contribution in [0.4, 0.5) is 0 Å². The summed E-state index contributed by atoms with van der Waals surface area (Å²) in [4.78, 5) is 10.7. The van der Waals surface area contributed by atoms with E-state index in [0.29, 0.717) is 12.0 Å². The molecule has 6 nitrogen and oxygen atoms in total. The number of nitrogens with zero attached hydrogens (tertiary/aromatic N) is 4. The number of likely N-dealkylation sites (tertiary alicyclic amines) is 1. The third-order valence-electron chi connectivity index (χ3n) is 9.72. The predicted molar refractivity (Wildman–Crippen MR) is 154 cm³/mol. The number of hydrogen-bond acceptors (Lipinski definition) is 5. The van der Waals surface area contributed by atoms with Gasteiger partial charge in [-0.25, -0.2) is 4.98 Å². The van der Waals surface area contributed by atoms with Crippen molar-refractivity contribution >= 4 is 11.0 Å². The van der Waals surface area contributed by atoms with Crippen LogP contribution >= 0.6 is 0 Å². The fourth-order valence-corrected chi connectivity index (χ4v) is 7.88. The van der Waals surface area contributed by atoms with Crippen LogP contribution in [0.15, 0.2) is 30.3 Å². The zero-order valence-electron chi connectivity index (χ0n) is 24.0. The highest BCUT2D eigenvalue weighted by molar-refractivity contribution is 5.84. The van der Waals surface area contributed by atoms with E-state index in [4.69, 9.17) is 14.5 Å². The maximum atomic E-state index is 5.55. The Balaban J connectivity index is 1.19. The maximum absolute atomic E-state index is 5.55. The van der Waals surface area contributed by atoms with Gasteiger partial charge in [-0.1, -0.05) is 6.07 Å². The predicted octanol–water partition coefficient (Wildman–Crippen LogP) is 6.15. The molecule has 4 heterocycles. The molecule has 2 unspecified atom stereocenters. The van der Waals surface area contributed by atoms with Crippen molar-refractivity contribution in [3.63, 3.8) is 0 Å². The summed E-state index contributed by atoms with van der Waals surface area (Å²) in [5.74, 6) is 3.04. The summed E-state index contributed by atoms with van der Waals surface area (Å²) in [7, 11) is 5.48. The molecule has 2 aromatic carbocycles. The maximum Gasteiger partial charge on any atom is 0.161 e. The molecule has 3 aliphatic heterocycles. The number of methoxy groups -OCH3 is 2. The summed E-state index contributed by atoms with van der Waals surface area (Å²) in [6.07, 6.45) is 8.07. The lowest BCUT2D eigenvalue weighted by molar-refractivity contribution is 0.0298. The Hall–Kier alpha value is -2.57. The van der Waals surface area contributed by atoms with Gasteiger partial charge in [0.15, 0.2) is 11.5 Å². The van der Waals surface area contributed by atoms with Crippen molar-refractivity contribution in [3.05, 3.63) is 41.5 Å². The van der Waals surface area contributed by atoms with Crippen LogP contribution in [0.3, 0.4) is 0 Å². The minimum absolute atomic E-state index is 0.626. The zero-order valence-corrected chi connectivity index (χ0v) is 24.0. The lowest BCUT2D eigenvalue weighted by atomic mass is 9.86. The number of piperidine rings is 2. The van der Waals surface area contributed by atoms with E-state index in [-0.39, 0.29) is 0 Å². The van der Waals surface area contributed by atoms with E-state index in [1.807, 2.05) is 12.1 Å². The van der Waals surface area contributed by atoms with Crippen LogP contribution in [-0.2, 0) is 7.05 Å². The lowest BCUT2D eigenvalue weighted by Crippen LogP contribution is -2.53. The highest BCUT2D eigenvalue weighted by Gasteiger charge is 2.43. The number of fused-ring (bicyclic) bond motifs is 3. The van der Waals surface area contributed by atoms with Crippen LogP contribution in [0.2, 0.25) is 0 Å². The van der Waals surface area contributed by atoms with Gasteiger partial charge in [-0.15, -0.1) is 0 Å². The molecular formula is C32H44N4O2. The number of rotatable bonds is 6. The van der Waals surface area contributed by atoms with E-state index in [0.717, 1.165) is 46.5 Å². The number of ether oxygens (including phenoxy) is 2. The smallest absolute Gasteiger partial charge is 0.161 e. The lowest BCUT2D eigenvalue weighted by Gasteiger charge is -2.46. The molecule has 38 heavy (non-hydrogen) atoms. The molecule has 0 N–H and O–H groups in total. The molecule has 0 saturated carbocycles. The van der Waals surface area contributed by atoms with Crippen LogP contribution in [0.5, 0.6) is 11.5 Å². The number of imidazole rings is 1. The second-order valence-corrected chi connectivity index (χ2v) is 12.1. The molecule has 3 aliphatic rings. The molecule has 0 amide bonds. The van der Waals surface area contributed by atoms with E-state index in [2.05, 4.69) is 60.4 Å². The SMILES string of the molecule is COc1ccc(-c2nc3c(C)cc(C4CCN(C5CC6CCC(C5)N6C(C)C)CC4)cc3n2C)cc1OC. The Labute approximate surface area is 227 Å². The van der Waals surface area contributed by atoms with E-state index >= 15 is 0 Å². The molecule has 0 aliphatic carbocycles. The van der Waals surface area contributed by atoms with Crippen LogP contribution in [-0.4, -0.2) is 70.8 Å². The summed E-state index contributed by atoms with van der Waals surface area (Å²) in [5.41, 5.74) is 6.08. The normalized spacial score (nSPS) is 25.0. The molecule has 6 rings (SSSR count). The minimum Gasteiger partial charge on any atom is -0.493 e. The molecule has 3 aromatic rings. The second-order valence-electron chi connectivity index (χ2n) is 12.1. The molecule has 204 valence electrons. The fraction of sp³-hybridized carbons (Fsp3) is 0.594. The highest BCUT2D eigenvalue weighted by Crippen LogP contribution is 2.41. The van der Waals surface area contributed by atoms with Crippen LogP contribution in [0.25, 0.3) is 22.4 Å². The van der Waals surface area contributed by atoms with Gasteiger partial charge in [0.2, 0.25) is 0 Å². The summed E-state index contributed by atoms with van der Waals surface area (Å²) < 4.78 is 13.2. The summed E-state index contributed by atoms with van der Waals surface area (Å²) in [6.45, 7) is 9.44. The largest absolute Gasteiger partial charge is 0.493 e. The van der Waals surface area contributed by atoms with Crippen molar-refractivity contribution in [2.45, 2.75) is 89.4 Å². The van der Waals surface area contributed by atoms with Crippen molar-refractivity contribution in [3.8, 4) is 22.9 Å². The monoisotopic (exact) mass is 516 g/mol. The average Bonchev–Trinajstić information content (AvgIpc) is 3.41. The first kappa shape index (κ1) is 25.7. The van der Waals surface area contributed by atoms with Crippen molar-refractivity contribution in [1.82, 2.24) is 19.4 Å². The van der Waals surface area contributed by atoms with Gasteiger partial charge >= 0.3 is 0 Å². The minimum atomic E-state index is 0.626. The van der Waals surface area contributed by atoms with Crippen LogP contribution < -0.4 is 9.47 Å². The Morgan fingerprint density at radius 2 is 1.55 bits per heavy atom. The summed E-state index contributed by atoms with van der Waals surface area (Å²) in [6, 6.07) is 13.9. The van der Waals surface area contributed by atoms with Gasteiger partial charge in [0.1, 0.15) is 5.82 Å². The van der Waals surface area contributed by atoms with Gasteiger partial charge in [-0.3, -0.25) is 4.90 Å². The number of benzene rings is 2. The third-order valence-corrected chi connectivity index (χ3v) is 9.72. The first-order valence-electron chi connectivity index (χ1n) is 14.6. The number of aryl methyl sites for hydroxylation is 2. The third kappa shape index (κ3) is 4.40. The molecule has 3 fully saturated rings. The quantitative estimate of drug-likeness (QED) is 0.393. The van der Waals surface area contributed by atoms with E-state index in [1.54, 1.807) is 14.2 Å². The van der Waals surface area contributed by atoms with Crippen LogP contribution in [0, 0.1) is 6.92 Å². The summed E-state index contributed by atoms with van der Waals surface area (Å²) >= 11 is 0. The van der Waals surface area contributed by atoms with E-state index in [1.165, 1.54) is 68.3 Å². The topological polar surface area (TPSA) is 42.8 Å². The Morgan fingerprint density at radius 1 is 0.868 bits per heavy atom. The van der Waals surface area contributed by atoms with E-state index in [9.17, 15) is 0 Å². The Kier molecular flexibility index (Phi) is 6.89. The average molecular weight is 517 g/mol. The first-order chi connectivity index (χ1) is 18.4. The molecular weight excluding hydrogens is 472 g/mol. The van der Waals surface area contributed by atoms with Gasteiger partial charge in [0, 0.05) is 36.8 Å². The van der Waals surface area contributed by atoms with E-state index < -0.39 is 0 Å². The highest BCUT2D eigenvalue weighted by atomic mass is 16.5. The molecule has 3 saturated heterocycles. The molecule has 0 radical (unpaired) electrons. The molecule has 2 atom stereocenters. The Morgan fingerprint density at radius 3 is 2.18 bits per heavy atom. The van der Waals surface area contributed by atoms with Crippen molar-refractivity contribution in [1.29, 1.82) is 0 Å². The molecule has 6 heteroatoms. The Bertz CT molecular complexity index is 1290. The van der Waals surface area contributed by atoms with Gasteiger partial charge in [-0.05, 0) is 114 Å². The van der Waals surface area contributed by atoms with Gasteiger partial charge < -0.3 is 18.9 Å². The molecule has 0 spiro atoms. The van der Waals surface area contributed by atoms with Crippen molar-refractivity contribution in [2.24, 2.45) is 7.05 Å². The zero-order chi connectivity index (χ0) is 26.6. The first-order valence-corrected chi connectivity index (χ1v) is 14.6. The van der Waals surface area contributed by atoms with Crippen molar-refractivity contribution in [2.75, 3.05) is 27.3 Å². The van der Waals surface area contributed by atoms with Gasteiger partial charge in [-0.2, -0.15) is 0 Å². The molecule has 1 aromatic heterocycles. The fourth-order valence-electron chi connectivity index (χ4n) is 7.88. The standard InChI is InChI=1S/C32H44N4O2/c1-20(2)36-25-8-9-26(36)19-27(18-25)35-13-11-22(12-14-35)24-15-21(3)31-28(16-24)34(4)32(33-31)23-7-10-29(37-5)30(17-23)38-6/h7,10,15-17,20,22,25-27H,8-9,11-14,18-19H2,1-6H3.